The van der Waals surface area contributed by atoms with Crippen LogP contribution in [0.25, 0.3) is 5.69 Å². The van der Waals surface area contributed by atoms with Gasteiger partial charge < -0.3 is 10.4 Å². The van der Waals surface area contributed by atoms with Crippen LogP contribution >= 0.6 is 0 Å². The molecule has 1 aromatic carbocycles. The summed E-state index contributed by atoms with van der Waals surface area (Å²) in [7, 11) is 0. The smallest absolute Gasteiger partial charge is 0.307 e. The first kappa shape index (κ1) is 19.1. The number of hydrogen-bond acceptors (Lipinski definition) is 4. The Morgan fingerprint density at radius 2 is 1.96 bits per heavy atom. The van der Waals surface area contributed by atoms with Gasteiger partial charge in [-0.05, 0) is 52.3 Å². The summed E-state index contributed by atoms with van der Waals surface area (Å²) in [5, 5.41) is 16.8. The van der Waals surface area contributed by atoms with Crippen molar-refractivity contribution in [1.82, 2.24) is 14.7 Å². The first-order chi connectivity index (χ1) is 12.9. The molecule has 1 aliphatic heterocycles. The number of para-hydroxylation sites is 1. The number of carbonyl (C=O) groups excluding carboxylic acids is 1. The average Bonchev–Trinajstić information content (AvgIpc) is 2.96. The van der Waals surface area contributed by atoms with E-state index in [2.05, 4.69) is 10.4 Å². The van der Waals surface area contributed by atoms with Gasteiger partial charge in [-0.3, -0.25) is 14.5 Å². The van der Waals surface area contributed by atoms with Gasteiger partial charge in [0.05, 0.1) is 34.7 Å². The molecule has 1 fully saturated rings. The number of aliphatic carboxylic acids is 1. The molecule has 2 atom stereocenters. The minimum atomic E-state index is -0.789. The minimum absolute atomic E-state index is 0.139. The van der Waals surface area contributed by atoms with Crippen molar-refractivity contribution < 1.29 is 14.7 Å². The summed E-state index contributed by atoms with van der Waals surface area (Å²) in [4.78, 5) is 26.0. The van der Waals surface area contributed by atoms with E-state index in [1.54, 1.807) is 0 Å². The lowest BCUT2D eigenvalue weighted by Gasteiger charge is -2.34. The summed E-state index contributed by atoms with van der Waals surface area (Å²) < 4.78 is 1.82. The number of carboxylic acid groups (broad SMARTS) is 1. The molecular weight excluding hydrogens is 344 g/mol. The van der Waals surface area contributed by atoms with Gasteiger partial charge in [-0.1, -0.05) is 18.2 Å². The van der Waals surface area contributed by atoms with Gasteiger partial charge in [-0.2, -0.15) is 5.10 Å². The third-order valence-electron chi connectivity index (χ3n) is 5.27. The number of nitrogens with one attached hydrogen (secondary N) is 1. The zero-order valence-corrected chi connectivity index (χ0v) is 16.0. The molecular formula is C20H26N4O3. The van der Waals surface area contributed by atoms with E-state index in [9.17, 15) is 14.7 Å². The maximum atomic E-state index is 12.8. The molecule has 1 saturated heterocycles. The Hall–Kier alpha value is -2.67. The summed E-state index contributed by atoms with van der Waals surface area (Å²) in [5.74, 6) is -1.33. The highest BCUT2D eigenvalue weighted by Crippen LogP contribution is 2.24. The van der Waals surface area contributed by atoms with Crippen LogP contribution in [0.4, 0.5) is 5.69 Å². The van der Waals surface area contributed by atoms with Gasteiger partial charge in [0.2, 0.25) is 5.91 Å². The molecule has 144 valence electrons. The molecule has 2 N–H and O–H groups in total. The van der Waals surface area contributed by atoms with Crippen molar-refractivity contribution in [2.45, 2.75) is 39.7 Å². The summed E-state index contributed by atoms with van der Waals surface area (Å²) >= 11 is 0. The third kappa shape index (κ3) is 4.03. The second-order valence-electron chi connectivity index (χ2n) is 7.13. The number of anilines is 1. The Kier molecular flexibility index (Phi) is 5.60. The fourth-order valence-corrected chi connectivity index (χ4v) is 3.60. The summed E-state index contributed by atoms with van der Waals surface area (Å²) in [5.41, 5.74) is 3.26. The van der Waals surface area contributed by atoms with Crippen LogP contribution in [0.1, 0.15) is 31.2 Å². The quantitative estimate of drug-likeness (QED) is 0.845. The Labute approximate surface area is 159 Å². The van der Waals surface area contributed by atoms with Crippen molar-refractivity contribution in [2.75, 3.05) is 18.4 Å². The van der Waals surface area contributed by atoms with Crippen LogP contribution in [-0.4, -0.2) is 50.8 Å². The Balaban J connectivity index is 1.74. The molecule has 0 saturated carbocycles. The Morgan fingerprint density at radius 3 is 2.63 bits per heavy atom. The number of hydrogen-bond donors (Lipinski definition) is 2. The van der Waals surface area contributed by atoms with Crippen molar-refractivity contribution in [2.24, 2.45) is 5.92 Å². The maximum Gasteiger partial charge on any atom is 0.307 e. The summed E-state index contributed by atoms with van der Waals surface area (Å²) in [6, 6.07) is 9.37. The van der Waals surface area contributed by atoms with Gasteiger partial charge in [0, 0.05) is 6.54 Å². The van der Waals surface area contributed by atoms with Crippen molar-refractivity contribution >= 4 is 17.6 Å². The summed E-state index contributed by atoms with van der Waals surface area (Å²) in [6.45, 7) is 6.76. The number of rotatable bonds is 5. The lowest BCUT2D eigenvalue weighted by atomic mass is 9.97. The second-order valence-corrected chi connectivity index (χ2v) is 7.13. The SMILES string of the molecule is Cc1nn(-c2ccccc2)c(C)c1NC(=O)C(C)N1CCCC(C(=O)O)C1. The predicted octanol–water partition coefficient (Wildman–Crippen LogP) is 2.61. The van der Waals surface area contributed by atoms with E-state index in [1.807, 2.05) is 60.7 Å². The molecule has 0 radical (unpaired) electrons. The normalized spacial score (nSPS) is 18.9. The van der Waals surface area contributed by atoms with Crippen LogP contribution in [0.3, 0.4) is 0 Å². The van der Waals surface area contributed by atoms with E-state index in [4.69, 9.17) is 0 Å². The van der Waals surface area contributed by atoms with E-state index >= 15 is 0 Å². The standard InChI is InChI=1S/C20H26N4O3/c1-13-18(14(2)24(22-13)17-9-5-4-6-10-17)21-19(25)15(3)23-11-7-8-16(12-23)20(26)27/h4-6,9-10,15-16H,7-8,11-12H2,1-3H3,(H,21,25)(H,26,27). The number of likely N-dealkylation sites (tertiary alicyclic amines) is 1. The number of nitrogens with zero attached hydrogens (tertiary/aromatic N) is 3. The van der Waals surface area contributed by atoms with Crippen LogP contribution in [-0.2, 0) is 9.59 Å². The molecule has 27 heavy (non-hydrogen) atoms. The second kappa shape index (κ2) is 7.92. The zero-order valence-electron chi connectivity index (χ0n) is 16.0. The maximum absolute atomic E-state index is 12.8. The van der Waals surface area contributed by atoms with Gasteiger partial charge >= 0.3 is 5.97 Å². The molecule has 1 aliphatic rings. The predicted molar refractivity (Wildman–Crippen MR) is 103 cm³/mol. The molecule has 2 unspecified atom stereocenters. The molecule has 0 spiro atoms. The van der Waals surface area contributed by atoms with Crippen molar-refractivity contribution in [3.63, 3.8) is 0 Å². The van der Waals surface area contributed by atoms with Gasteiger partial charge in [0.15, 0.2) is 0 Å². The largest absolute Gasteiger partial charge is 0.481 e. The van der Waals surface area contributed by atoms with Crippen LogP contribution in [0.15, 0.2) is 30.3 Å². The molecule has 7 heteroatoms. The number of carbonyl (C=O) groups is 2. The lowest BCUT2D eigenvalue weighted by Crippen LogP contribution is -2.48. The fourth-order valence-electron chi connectivity index (χ4n) is 3.60. The molecule has 3 rings (SSSR count). The molecule has 2 heterocycles. The van der Waals surface area contributed by atoms with Crippen LogP contribution in [0.2, 0.25) is 0 Å². The number of piperidine rings is 1. The molecule has 1 amide bonds. The van der Waals surface area contributed by atoms with E-state index in [-0.39, 0.29) is 5.91 Å². The van der Waals surface area contributed by atoms with Crippen molar-refractivity contribution in [3.8, 4) is 5.69 Å². The average molecular weight is 370 g/mol. The lowest BCUT2D eigenvalue weighted by molar-refractivity contribution is -0.144. The van der Waals surface area contributed by atoms with E-state index in [0.717, 1.165) is 30.0 Å². The fraction of sp³-hybridized carbons (Fsp3) is 0.450. The van der Waals surface area contributed by atoms with Crippen molar-refractivity contribution in [1.29, 1.82) is 0 Å². The number of aryl methyl sites for hydroxylation is 1. The first-order valence-corrected chi connectivity index (χ1v) is 9.28. The van der Waals surface area contributed by atoms with Crippen LogP contribution < -0.4 is 5.32 Å². The molecule has 1 aromatic heterocycles. The first-order valence-electron chi connectivity index (χ1n) is 9.28. The monoisotopic (exact) mass is 370 g/mol. The van der Waals surface area contributed by atoms with Gasteiger partial charge in [-0.25, -0.2) is 4.68 Å². The molecule has 0 aliphatic carbocycles. The van der Waals surface area contributed by atoms with Crippen LogP contribution in [0, 0.1) is 19.8 Å². The van der Waals surface area contributed by atoms with Crippen molar-refractivity contribution in [3.05, 3.63) is 41.7 Å². The molecule has 7 nitrogen and oxygen atoms in total. The van der Waals surface area contributed by atoms with E-state index in [0.29, 0.717) is 18.7 Å². The highest BCUT2D eigenvalue weighted by molar-refractivity contribution is 5.95. The number of benzene rings is 1. The third-order valence-corrected chi connectivity index (χ3v) is 5.27. The number of carboxylic acids is 1. The minimum Gasteiger partial charge on any atom is -0.481 e. The molecule has 0 bridgehead atoms. The Bertz CT molecular complexity index is 831. The van der Waals surface area contributed by atoms with Crippen LogP contribution in [0.5, 0.6) is 0 Å². The number of amides is 1. The van der Waals surface area contributed by atoms with Gasteiger partial charge in [0.1, 0.15) is 0 Å². The number of aromatic nitrogens is 2. The topological polar surface area (TPSA) is 87.5 Å². The summed E-state index contributed by atoms with van der Waals surface area (Å²) in [6.07, 6.45) is 1.46. The molecule has 2 aromatic rings. The van der Waals surface area contributed by atoms with Gasteiger partial charge in [0.25, 0.3) is 0 Å². The highest BCUT2D eigenvalue weighted by Gasteiger charge is 2.31. The van der Waals surface area contributed by atoms with E-state index in [1.165, 1.54) is 0 Å². The highest BCUT2D eigenvalue weighted by atomic mass is 16.4. The zero-order chi connectivity index (χ0) is 19.6. The van der Waals surface area contributed by atoms with Gasteiger partial charge in [-0.15, -0.1) is 0 Å². The Morgan fingerprint density at radius 1 is 1.26 bits per heavy atom. The van der Waals surface area contributed by atoms with E-state index < -0.39 is 17.9 Å².